The Bertz CT molecular complexity index is 4960. The predicted molar refractivity (Wildman–Crippen MR) is 452 cm³/mol. The topological polar surface area (TPSA) is 451 Å². The summed E-state index contributed by atoms with van der Waals surface area (Å²) >= 11 is 0. The number of fused-ring (bicyclic) bond motifs is 12. The van der Waals surface area contributed by atoms with Gasteiger partial charge in [-0.25, -0.2) is 29.3 Å². The number of carbonyl (C=O) groups excluding carboxylic acids is 7. The number of hydrogen-bond donors (Lipinski definition) is 9. The highest BCUT2D eigenvalue weighted by Crippen LogP contribution is 2.53. The maximum atomic E-state index is 14.0. The van der Waals surface area contributed by atoms with Crippen LogP contribution < -0.4 is 26.8 Å². The second-order valence-electron chi connectivity index (χ2n) is 28.5. The number of rotatable bonds is 51. The van der Waals surface area contributed by atoms with Gasteiger partial charge in [0.05, 0.1) is 158 Å². The van der Waals surface area contributed by atoms with Crippen LogP contribution in [0.15, 0.2) is 96.0 Å². The van der Waals surface area contributed by atoms with Gasteiger partial charge >= 0.3 is 35.8 Å². The molecule has 33 nitrogen and oxygen atoms in total. The molecular formula is C85H105N11O22S2. The number of aromatic amines is 3. The maximum absolute atomic E-state index is 14.0. The molecule has 1 aliphatic carbocycles. The minimum Gasteiger partial charge on any atom is -0.480 e. The number of carboxylic acid groups (broad SMARTS) is 2. The van der Waals surface area contributed by atoms with Crippen molar-refractivity contribution in [2.45, 2.75) is 116 Å². The Kier molecular flexibility index (Phi) is 36.2. The van der Waals surface area contributed by atoms with Gasteiger partial charge in [-0.3, -0.25) is 38.5 Å². The first-order valence-electron chi connectivity index (χ1n) is 39.4. The molecule has 0 saturated carbocycles. The monoisotopic (exact) mass is 1700 g/mol. The van der Waals surface area contributed by atoms with Crippen LogP contribution in [0.4, 0.5) is 5.69 Å². The molecule has 7 heterocycles. The molecule has 0 fully saturated rings. The maximum Gasteiger partial charge on any atom is 0.334 e. The number of nitrogens with one attached hydrogen (secondary N) is 7. The third-order valence-corrected chi connectivity index (χ3v) is 22.7. The van der Waals surface area contributed by atoms with E-state index < -0.39 is 65.1 Å². The van der Waals surface area contributed by atoms with E-state index in [-0.39, 0.29) is 111 Å². The molecule has 8 bridgehead atoms. The van der Waals surface area contributed by atoms with Crippen LogP contribution in [0.1, 0.15) is 139 Å². The number of aliphatic carboxylic acids is 2. The molecule has 1 aromatic carbocycles. The Balaban J connectivity index is 0.591. The van der Waals surface area contributed by atoms with Gasteiger partial charge in [-0.1, -0.05) is 46.4 Å². The van der Waals surface area contributed by atoms with E-state index in [1.54, 1.807) is 55.6 Å². The van der Waals surface area contributed by atoms with Crippen LogP contribution in [-0.4, -0.2) is 242 Å². The van der Waals surface area contributed by atoms with Gasteiger partial charge in [-0.15, -0.1) is 0 Å². The number of ketones is 1. The van der Waals surface area contributed by atoms with Gasteiger partial charge in [0, 0.05) is 88.7 Å². The number of esters is 4. The fourth-order valence-electron chi connectivity index (χ4n) is 13.8. The SMILES string of the molecule is C=CC1=C(C)c2cc3[nH]c(cc4nc(cc5[nH]c(cc1n2)c(C)c5CCC(=O)OC)C(CCCNCC(=O)OCCSSC[C@H](NC(=O)CCOCCOCCOCCOCCOCCOCCCC(=O)CC[C@@H](NC(=O)c1ccc(NCc2cnc5cc(C)[nH]c(=O)c5n2)cc1)C(=O)O)C(=O)O)=C4C)[C@@]1(C)C3=CC=C(C(=O)OC)[C@H]1C(=O)OC. The highest BCUT2D eigenvalue weighted by Gasteiger charge is 2.53. The zero-order valence-corrected chi connectivity index (χ0v) is 70.3. The molecule has 35 heteroatoms. The van der Waals surface area contributed by atoms with E-state index in [9.17, 15) is 58.2 Å². The number of aryl methyl sites for hydroxylation is 3. The Morgan fingerprint density at radius 2 is 1.30 bits per heavy atom. The summed E-state index contributed by atoms with van der Waals surface area (Å²) in [6.07, 6.45) is 8.78. The van der Waals surface area contributed by atoms with Crippen molar-refractivity contribution in [3.05, 3.63) is 164 Å². The first kappa shape index (κ1) is 93.1. The summed E-state index contributed by atoms with van der Waals surface area (Å²) in [6, 6.07) is 13.5. The van der Waals surface area contributed by atoms with E-state index in [0.717, 1.165) is 44.5 Å². The number of allylic oxidation sites excluding steroid dienone is 8. The Labute approximate surface area is 701 Å². The second kappa shape index (κ2) is 46.7. The Morgan fingerprint density at radius 3 is 1.96 bits per heavy atom. The number of pyridine rings is 1. The second-order valence-corrected chi connectivity index (χ2v) is 31.1. The molecule has 120 heavy (non-hydrogen) atoms. The van der Waals surface area contributed by atoms with Crippen LogP contribution >= 0.6 is 21.6 Å². The van der Waals surface area contributed by atoms with Crippen LogP contribution in [-0.2, 0) is 104 Å². The van der Waals surface area contributed by atoms with Crippen molar-refractivity contribution < 1.29 is 101 Å². The number of anilines is 1. The first-order valence-corrected chi connectivity index (χ1v) is 41.9. The predicted octanol–water partition coefficient (Wildman–Crippen LogP) is 8.66. The minimum absolute atomic E-state index is 0.0356. The minimum atomic E-state index is -1.27. The normalized spacial score (nSPS) is 15.1. The van der Waals surface area contributed by atoms with Crippen LogP contribution in [0.2, 0.25) is 0 Å². The molecule has 644 valence electrons. The largest absolute Gasteiger partial charge is 0.480 e. The molecule has 0 saturated heterocycles. The number of nitrogens with zero attached hydrogens (tertiary/aromatic N) is 4. The highest BCUT2D eigenvalue weighted by molar-refractivity contribution is 8.76. The Hall–Kier alpha value is -10.8. The lowest BCUT2D eigenvalue weighted by molar-refractivity contribution is -0.149. The molecule has 0 unspecified atom stereocenters. The summed E-state index contributed by atoms with van der Waals surface area (Å²) < 4.78 is 54.3. The van der Waals surface area contributed by atoms with Gasteiger partial charge < -0.3 is 93.8 Å². The number of H-pyrrole nitrogens is 3. The van der Waals surface area contributed by atoms with Gasteiger partial charge in [-0.2, -0.15) is 0 Å². The van der Waals surface area contributed by atoms with Crippen molar-refractivity contribution in [1.29, 1.82) is 0 Å². The molecule has 5 aromatic rings. The lowest BCUT2D eigenvalue weighted by Crippen LogP contribution is -2.42. The fraction of sp³-hybridized carbons (Fsp3) is 0.459. The van der Waals surface area contributed by atoms with E-state index in [4.69, 9.17) is 57.3 Å². The van der Waals surface area contributed by atoms with Crippen molar-refractivity contribution in [3.63, 3.8) is 0 Å². The highest BCUT2D eigenvalue weighted by atomic mass is 33.1. The number of carbonyl (C=O) groups is 9. The summed E-state index contributed by atoms with van der Waals surface area (Å²) in [5.74, 6) is -6.56. The molecule has 4 atom stereocenters. The molecule has 9 N–H and O–H groups in total. The molecule has 9 rings (SSSR count). The average molecular weight is 1700 g/mol. The van der Waals surface area contributed by atoms with E-state index in [1.165, 1.54) is 42.9 Å². The van der Waals surface area contributed by atoms with Gasteiger partial charge in [0.25, 0.3) is 11.5 Å². The Morgan fingerprint density at radius 1 is 0.642 bits per heavy atom. The van der Waals surface area contributed by atoms with Gasteiger partial charge in [-0.05, 0) is 161 Å². The summed E-state index contributed by atoms with van der Waals surface area (Å²) in [7, 11) is 6.42. The van der Waals surface area contributed by atoms with Gasteiger partial charge in [0.1, 0.15) is 30.4 Å². The van der Waals surface area contributed by atoms with E-state index in [2.05, 4.69) is 52.8 Å². The van der Waals surface area contributed by atoms with E-state index in [0.29, 0.717) is 160 Å². The number of Topliss-reactive ketones (excluding diaryl/α,β-unsaturated/α-hetero) is 1. The molecule has 3 aliphatic heterocycles. The number of methoxy groups -OCH3 is 3. The lowest BCUT2D eigenvalue weighted by Gasteiger charge is -2.36. The molecule has 4 aromatic heterocycles. The quantitative estimate of drug-likeness (QED) is 0.00760. The number of hydrogen-bond acceptors (Lipinski definition) is 28. The van der Waals surface area contributed by atoms with Crippen LogP contribution in [0.5, 0.6) is 0 Å². The van der Waals surface area contributed by atoms with Gasteiger partial charge in [0.2, 0.25) is 5.91 Å². The number of amides is 2. The molecular weight excluding hydrogens is 1590 g/mol. The number of carboxylic acids is 2. The van der Waals surface area contributed by atoms with E-state index in [1.807, 2.05) is 58.0 Å². The average Bonchev–Trinajstić information content (AvgIpc) is 1.55. The summed E-state index contributed by atoms with van der Waals surface area (Å²) in [6.45, 7) is 17.8. The van der Waals surface area contributed by atoms with Crippen molar-refractivity contribution in [2.75, 3.05) is 137 Å². The fourth-order valence-corrected chi connectivity index (χ4v) is 15.8. The lowest BCUT2D eigenvalue weighted by atomic mass is 9.64. The zero-order chi connectivity index (χ0) is 86.3. The molecule has 4 aliphatic rings. The third-order valence-electron chi connectivity index (χ3n) is 20.3. The number of benzene rings is 1. The zero-order valence-electron chi connectivity index (χ0n) is 68.7. The van der Waals surface area contributed by atoms with Gasteiger partial charge in [0.15, 0.2) is 5.52 Å². The summed E-state index contributed by atoms with van der Waals surface area (Å²) in [5.41, 5.74) is 12.7. The van der Waals surface area contributed by atoms with Crippen molar-refractivity contribution in [3.8, 4) is 0 Å². The van der Waals surface area contributed by atoms with Crippen LogP contribution in [0.25, 0.3) is 49.9 Å². The van der Waals surface area contributed by atoms with E-state index >= 15 is 0 Å². The summed E-state index contributed by atoms with van der Waals surface area (Å²) in [5, 5.41) is 30.9. The molecule has 0 spiro atoms. The van der Waals surface area contributed by atoms with Crippen LogP contribution in [0.3, 0.4) is 0 Å². The smallest absolute Gasteiger partial charge is 0.334 e. The molecule has 2 amide bonds. The van der Waals surface area contributed by atoms with Crippen molar-refractivity contribution in [2.24, 2.45) is 5.92 Å². The van der Waals surface area contributed by atoms with Crippen molar-refractivity contribution >= 4 is 131 Å². The first-order chi connectivity index (χ1) is 57.8. The number of aromatic nitrogens is 7. The van der Waals surface area contributed by atoms with Crippen molar-refractivity contribution in [1.82, 2.24) is 50.8 Å². The van der Waals surface area contributed by atoms with Crippen LogP contribution in [0, 0.1) is 19.8 Å². The third kappa shape index (κ3) is 26.1. The standard InChI is InChI=1S/C85H105N11O22S2/c1-10-58-51(3)65-43-70-62-22-20-61(83(107)110-8)77(84(108)111-9)85(62,6)73(94-70)45-66-52(4)59(68(93-66)44-69-60(21-24-75(99)109-7)53(5)64(92-69)42-67(58)91-65)14-11-26-86-48-76(100)118-39-40-119-120-49-72(82(105)106)95-74(98)25-28-113-30-32-115-34-36-117-38-37-116-35-33-114-31-29-112-27-12-13-57(97)19-23-63(81(103)104)96-79(101)54-15-17-55(18-16-54)87-46-56-47-88-71-41-50(2)89-80(102)78(71)90-56/h10,15-18,20,22,41-45,47,63,72,77,86-87,92,94H,1,11-14,19,21,23-40,46,48-49H2,2-9H3,(H,89,102)(H,95,98)(H,96,101)(H,103,104)(H,105,106)/t63-,72+,77+,85-/m1/s1. The molecule has 0 radical (unpaired) electrons. The summed E-state index contributed by atoms with van der Waals surface area (Å²) in [4.78, 5) is 156. The number of ether oxygens (including phenoxy) is 10.